The maximum atomic E-state index is 12.6. The minimum atomic E-state index is -0.0661. The summed E-state index contributed by atoms with van der Waals surface area (Å²) in [6.07, 6.45) is 6.03. The van der Waals surface area contributed by atoms with E-state index in [1.807, 2.05) is 17.0 Å². The third-order valence-corrected chi connectivity index (χ3v) is 5.04. The van der Waals surface area contributed by atoms with Crippen LogP contribution >= 0.6 is 11.8 Å². The lowest BCUT2D eigenvalue weighted by Gasteiger charge is -2.29. The largest absolute Gasteiger partial charge is 0.342 e. The summed E-state index contributed by atoms with van der Waals surface area (Å²) in [4.78, 5) is 26.5. The van der Waals surface area contributed by atoms with Gasteiger partial charge in [0.1, 0.15) is 0 Å². The molecule has 6 heteroatoms. The summed E-state index contributed by atoms with van der Waals surface area (Å²) in [7, 11) is 0. The first-order chi connectivity index (χ1) is 10.3. The molecule has 0 unspecified atom stereocenters. The van der Waals surface area contributed by atoms with Crippen molar-refractivity contribution in [2.75, 3.05) is 13.1 Å². The van der Waals surface area contributed by atoms with E-state index in [0.717, 1.165) is 43.0 Å². The van der Waals surface area contributed by atoms with Crippen LogP contribution in [0.1, 0.15) is 32.6 Å². The van der Waals surface area contributed by atoms with Gasteiger partial charge in [0.15, 0.2) is 10.8 Å². The molecule has 2 aromatic heterocycles. The van der Waals surface area contributed by atoms with Crippen molar-refractivity contribution in [2.24, 2.45) is 0 Å². The number of nitrogens with zero attached hydrogens (tertiary/aromatic N) is 3. The van der Waals surface area contributed by atoms with Crippen molar-refractivity contribution in [3.05, 3.63) is 18.3 Å². The predicted molar refractivity (Wildman–Crippen MR) is 84.3 cm³/mol. The van der Waals surface area contributed by atoms with Crippen LogP contribution in [0.5, 0.6) is 0 Å². The van der Waals surface area contributed by atoms with Crippen molar-refractivity contribution in [3.8, 4) is 0 Å². The van der Waals surface area contributed by atoms with E-state index in [4.69, 9.17) is 0 Å². The molecule has 0 bridgehead atoms. The number of hydrogen-bond donors (Lipinski definition) is 1. The van der Waals surface area contributed by atoms with Gasteiger partial charge in [0, 0.05) is 19.3 Å². The fourth-order valence-corrected chi connectivity index (χ4v) is 3.63. The van der Waals surface area contributed by atoms with Gasteiger partial charge in [-0.05, 0) is 37.8 Å². The molecule has 0 saturated carbocycles. The van der Waals surface area contributed by atoms with Gasteiger partial charge in [0.2, 0.25) is 5.91 Å². The zero-order valence-corrected chi connectivity index (χ0v) is 13.0. The predicted octanol–water partition coefficient (Wildman–Crippen LogP) is 2.84. The monoisotopic (exact) mass is 304 g/mol. The van der Waals surface area contributed by atoms with E-state index in [1.165, 1.54) is 18.2 Å². The SMILES string of the molecule is CC[C@H](Sc1nc2ncccc2[nH]1)C(=O)N1CCCCC1. The lowest BCUT2D eigenvalue weighted by molar-refractivity contribution is -0.131. The second-order valence-electron chi connectivity index (χ2n) is 5.32. The van der Waals surface area contributed by atoms with Crippen LogP contribution in [0.25, 0.3) is 11.2 Å². The van der Waals surface area contributed by atoms with Gasteiger partial charge in [-0.25, -0.2) is 9.97 Å². The molecule has 1 amide bonds. The molecule has 0 aromatic carbocycles. The highest BCUT2D eigenvalue weighted by atomic mass is 32.2. The first kappa shape index (κ1) is 14.4. The Hall–Kier alpha value is -1.56. The van der Waals surface area contributed by atoms with Crippen molar-refractivity contribution in [3.63, 3.8) is 0 Å². The maximum Gasteiger partial charge on any atom is 0.236 e. The molecule has 112 valence electrons. The fraction of sp³-hybridized carbons (Fsp3) is 0.533. The van der Waals surface area contributed by atoms with E-state index < -0.39 is 0 Å². The van der Waals surface area contributed by atoms with E-state index in [-0.39, 0.29) is 11.2 Å². The van der Waals surface area contributed by atoms with Crippen LogP contribution in [0.15, 0.2) is 23.5 Å². The van der Waals surface area contributed by atoms with E-state index in [1.54, 1.807) is 6.20 Å². The number of fused-ring (bicyclic) bond motifs is 1. The van der Waals surface area contributed by atoms with Crippen molar-refractivity contribution >= 4 is 28.8 Å². The van der Waals surface area contributed by atoms with Gasteiger partial charge in [-0.3, -0.25) is 4.79 Å². The van der Waals surface area contributed by atoms with Gasteiger partial charge in [-0.15, -0.1) is 0 Å². The van der Waals surface area contributed by atoms with Crippen LogP contribution in [-0.4, -0.2) is 44.1 Å². The molecule has 1 atom stereocenters. The minimum absolute atomic E-state index is 0.0661. The Kier molecular flexibility index (Phi) is 4.43. The number of rotatable bonds is 4. The van der Waals surface area contributed by atoms with Crippen molar-refractivity contribution < 1.29 is 4.79 Å². The summed E-state index contributed by atoms with van der Waals surface area (Å²) in [5, 5.41) is 0.713. The fourth-order valence-electron chi connectivity index (χ4n) is 2.64. The summed E-state index contributed by atoms with van der Waals surface area (Å²) in [5.41, 5.74) is 1.63. The van der Waals surface area contributed by atoms with Gasteiger partial charge in [0.25, 0.3) is 0 Å². The van der Waals surface area contributed by atoms with Crippen LogP contribution in [0, 0.1) is 0 Å². The molecule has 5 nitrogen and oxygen atoms in total. The number of thioether (sulfide) groups is 1. The van der Waals surface area contributed by atoms with Crippen molar-refractivity contribution in [2.45, 2.75) is 43.0 Å². The zero-order valence-electron chi connectivity index (χ0n) is 12.2. The second kappa shape index (κ2) is 6.47. The zero-order chi connectivity index (χ0) is 14.7. The maximum absolute atomic E-state index is 12.6. The van der Waals surface area contributed by atoms with Gasteiger partial charge < -0.3 is 9.88 Å². The topological polar surface area (TPSA) is 61.9 Å². The Bertz CT molecular complexity index is 588. The average Bonchev–Trinajstić information content (AvgIpc) is 2.95. The molecular formula is C15H20N4OS. The molecule has 0 aliphatic carbocycles. The molecule has 1 aliphatic heterocycles. The van der Waals surface area contributed by atoms with Gasteiger partial charge in [0.05, 0.1) is 10.8 Å². The molecular weight excluding hydrogens is 284 g/mol. The lowest BCUT2D eigenvalue weighted by Crippen LogP contribution is -2.40. The molecule has 2 aromatic rings. The van der Waals surface area contributed by atoms with E-state index >= 15 is 0 Å². The summed E-state index contributed by atoms with van der Waals surface area (Å²) in [6, 6.07) is 3.83. The number of aromatic amines is 1. The van der Waals surface area contributed by atoms with Crippen LogP contribution in [0.4, 0.5) is 0 Å². The van der Waals surface area contributed by atoms with Crippen LogP contribution in [0.3, 0.4) is 0 Å². The standard InChI is InChI=1S/C15H20N4OS/c1-2-12(14(20)19-9-4-3-5-10-19)21-15-17-11-7-6-8-16-13(11)18-15/h6-8,12H,2-5,9-10H2,1H3,(H,16,17,18)/t12-/m0/s1. The first-order valence-corrected chi connectivity index (χ1v) is 8.42. The average molecular weight is 304 g/mol. The molecule has 1 saturated heterocycles. The minimum Gasteiger partial charge on any atom is -0.342 e. The smallest absolute Gasteiger partial charge is 0.236 e. The van der Waals surface area contributed by atoms with E-state index in [2.05, 4.69) is 21.9 Å². The number of aromatic nitrogens is 3. The van der Waals surface area contributed by atoms with Crippen LogP contribution in [-0.2, 0) is 4.79 Å². The number of imidazole rings is 1. The first-order valence-electron chi connectivity index (χ1n) is 7.54. The van der Waals surface area contributed by atoms with Gasteiger partial charge in [-0.1, -0.05) is 18.7 Å². The molecule has 0 spiro atoms. The summed E-state index contributed by atoms with van der Waals surface area (Å²) < 4.78 is 0. The van der Waals surface area contributed by atoms with Gasteiger partial charge >= 0.3 is 0 Å². The van der Waals surface area contributed by atoms with Crippen LogP contribution in [0.2, 0.25) is 0 Å². The Balaban J connectivity index is 1.72. The normalized spacial score (nSPS) is 17.1. The number of amides is 1. The number of likely N-dealkylation sites (tertiary alicyclic amines) is 1. The highest BCUT2D eigenvalue weighted by molar-refractivity contribution is 8.00. The number of nitrogens with one attached hydrogen (secondary N) is 1. The Morgan fingerprint density at radius 1 is 1.43 bits per heavy atom. The molecule has 0 radical (unpaired) electrons. The Morgan fingerprint density at radius 3 is 2.95 bits per heavy atom. The summed E-state index contributed by atoms with van der Waals surface area (Å²) >= 11 is 1.52. The number of piperidine rings is 1. The molecule has 1 aliphatic rings. The molecule has 21 heavy (non-hydrogen) atoms. The van der Waals surface area contributed by atoms with Crippen LogP contribution < -0.4 is 0 Å². The number of carbonyl (C=O) groups excluding carboxylic acids is 1. The highest BCUT2D eigenvalue weighted by Gasteiger charge is 2.26. The molecule has 1 N–H and O–H groups in total. The third-order valence-electron chi connectivity index (χ3n) is 3.80. The number of carbonyl (C=O) groups is 1. The van der Waals surface area contributed by atoms with E-state index in [9.17, 15) is 4.79 Å². The number of pyridine rings is 1. The number of hydrogen-bond acceptors (Lipinski definition) is 4. The van der Waals surface area contributed by atoms with Crippen molar-refractivity contribution in [1.29, 1.82) is 0 Å². The third kappa shape index (κ3) is 3.20. The summed E-state index contributed by atoms with van der Waals surface area (Å²) in [5.74, 6) is 0.246. The molecule has 3 rings (SSSR count). The summed E-state index contributed by atoms with van der Waals surface area (Å²) in [6.45, 7) is 3.86. The highest BCUT2D eigenvalue weighted by Crippen LogP contribution is 2.27. The Labute approximate surface area is 128 Å². The quantitative estimate of drug-likeness (QED) is 0.882. The molecule has 1 fully saturated rings. The number of H-pyrrole nitrogens is 1. The van der Waals surface area contributed by atoms with Crippen molar-refractivity contribution in [1.82, 2.24) is 19.9 Å². The van der Waals surface area contributed by atoms with E-state index in [0.29, 0.717) is 5.65 Å². The Morgan fingerprint density at radius 2 is 2.24 bits per heavy atom. The lowest BCUT2D eigenvalue weighted by atomic mass is 10.1. The van der Waals surface area contributed by atoms with Gasteiger partial charge in [-0.2, -0.15) is 0 Å². The molecule has 3 heterocycles. The second-order valence-corrected chi connectivity index (χ2v) is 6.51.